The second kappa shape index (κ2) is 23.1. The molecule has 6 nitrogen and oxygen atoms in total. The van der Waals surface area contributed by atoms with Crippen LogP contribution in [0.2, 0.25) is 0 Å². The van der Waals surface area contributed by atoms with Gasteiger partial charge in [-0.15, -0.1) is 0 Å². The average Bonchev–Trinajstić information content (AvgIpc) is 1.61. The second-order valence-corrected chi connectivity index (χ2v) is 28.2. The quantitative estimate of drug-likeness (QED) is 0.0734. The molecule has 0 amide bonds. The first-order chi connectivity index (χ1) is 48.4. The van der Waals surface area contributed by atoms with Crippen LogP contribution in [0, 0.1) is 0 Å². The smallest absolute Gasteiger partial charge is 0.159 e. The van der Waals surface area contributed by atoms with E-state index in [-0.39, 0.29) is 11.5 Å². The monoisotopic (exact) mass is 1280 g/mol. The molecule has 4 heterocycles. The number of aliphatic imine (C=N–C) groups is 1. The first kappa shape index (κ1) is 59.5. The van der Waals surface area contributed by atoms with Crippen molar-refractivity contribution < 1.29 is 8.83 Å². The van der Waals surface area contributed by atoms with Gasteiger partial charge in [-0.25, -0.2) is 4.99 Å². The van der Waals surface area contributed by atoms with E-state index in [0.29, 0.717) is 12.4 Å². The number of anilines is 4. The van der Waals surface area contributed by atoms with Crippen molar-refractivity contribution in [3.8, 4) is 22.3 Å². The van der Waals surface area contributed by atoms with Crippen LogP contribution in [0.5, 0.6) is 0 Å². The van der Waals surface area contributed by atoms with E-state index in [1.165, 1.54) is 55.3 Å². The predicted octanol–water partition coefficient (Wildman–Crippen LogP) is 24.7. The van der Waals surface area contributed by atoms with Crippen molar-refractivity contribution in [1.29, 1.82) is 0 Å². The molecule has 0 saturated heterocycles. The van der Waals surface area contributed by atoms with Crippen LogP contribution in [0.25, 0.3) is 115 Å². The molecule has 14 aromatic rings. The molecule has 2 aliphatic heterocycles. The number of rotatable bonds is 11. The van der Waals surface area contributed by atoms with E-state index in [0.717, 1.165) is 122 Å². The predicted molar refractivity (Wildman–Crippen MR) is 419 cm³/mol. The van der Waals surface area contributed by atoms with Crippen molar-refractivity contribution in [2.45, 2.75) is 58.4 Å². The Morgan fingerprint density at radius 2 is 1.27 bits per heavy atom. The van der Waals surface area contributed by atoms with Gasteiger partial charge in [0.25, 0.3) is 0 Å². The van der Waals surface area contributed by atoms with Crippen LogP contribution in [0.4, 0.5) is 22.7 Å². The van der Waals surface area contributed by atoms with Crippen LogP contribution in [-0.2, 0) is 10.8 Å². The number of benzene rings is 12. The molecular weight excluding hydrogens is 1210 g/mol. The summed E-state index contributed by atoms with van der Waals surface area (Å²) in [5.41, 5.74) is 22.5. The Morgan fingerprint density at radius 3 is 2.08 bits per heavy atom. The summed E-state index contributed by atoms with van der Waals surface area (Å²) in [5, 5.41) is 10.6. The molecular formula is C93H72N4O2. The molecule has 2 aromatic heterocycles. The molecule has 0 radical (unpaired) electrons. The highest BCUT2D eigenvalue weighted by Crippen LogP contribution is 2.58. The van der Waals surface area contributed by atoms with Crippen LogP contribution in [-0.4, -0.2) is 19.3 Å². The zero-order chi connectivity index (χ0) is 66.8. The molecule has 0 saturated carbocycles. The van der Waals surface area contributed by atoms with E-state index in [1.54, 1.807) is 0 Å². The van der Waals surface area contributed by atoms with E-state index >= 15 is 0 Å². The number of nitrogens with zero attached hydrogens (tertiary/aromatic N) is 4. The summed E-state index contributed by atoms with van der Waals surface area (Å²) in [5.74, 6) is 0.673. The summed E-state index contributed by atoms with van der Waals surface area (Å²) in [6.07, 6.45) is 24.7. The van der Waals surface area contributed by atoms with Crippen molar-refractivity contribution in [3.63, 3.8) is 0 Å². The maximum atomic E-state index is 8.01. The summed E-state index contributed by atoms with van der Waals surface area (Å²) in [7, 11) is 0. The number of fused-ring (bicyclic) bond motifs is 16. The highest BCUT2D eigenvalue weighted by Gasteiger charge is 2.40. The highest BCUT2D eigenvalue weighted by atomic mass is 16.3. The van der Waals surface area contributed by atoms with Crippen LogP contribution < -0.4 is 14.7 Å². The van der Waals surface area contributed by atoms with E-state index in [2.05, 4.69) is 361 Å². The maximum Gasteiger partial charge on any atom is 0.159 e. The molecule has 99 heavy (non-hydrogen) atoms. The van der Waals surface area contributed by atoms with Gasteiger partial charge in [-0.1, -0.05) is 265 Å². The van der Waals surface area contributed by atoms with Crippen LogP contribution in [0.15, 0.2) is 323 Å². The van der Waals surface area contributed by atoms with E-state index in [9.17, 15) is 0 Å². The molecule has 0 fully saturated rings. The van der Waals surface area contributed by atoms with E-state index < -0.39 is 5.41 Å². The Hall–Kier alpha value is -12.0. The number of furan rings is 2. The Bertz CT molecular complexity index is 5990. The van der Waals surface area contributed by atoms with Gasteiger partial charge in [0, 0.05) is 62.1 Å². The summed E-state index contributed by atoms with van der Waals surface area (Å²) >= 11 is 0. The van der Waals surface area contributed by atoms with Crippen molar-refractivity contribution in [2.24, 2.45) is 4.99 Å². The summed E-state index contributed by atoms with van der Waals surface area (Å²) in [6.45, 7) is 19.0. The third-order valence-electron chi connectivity index (χ3n) is 21.0. The molecule has 1 unspecified atom stereocenters. The fraction of sp³-hybridized carbons (Fsp3) is 0.108. The van der Waals surface area contributed by atoms with Crippen LogP contribution in [0.1, 0.15) is 74.9 Å². The first-order valence-electron chi connectivity index (χ1n) is 34.4. The SMILES string of the molecule is C=N/C(=C\C(=C/C)c1ccccc1)N(c1cccc2c1C(C)(C)c1ccccc1-2)c1cc2cc(C(C)(C)C)c3c(oc4cccc(-c5ccccc5)c43)c2c2c1cc(N1C=CC=C(c3ccccc3)C1)c1oc3c(N4C=C(c5cccc6ccccc56)C=C5C=CC=CC54)cccc3c12. The minimum atomic E-state index is -0.429. The average molecular weight is 1280 g/mol. The standard InChI is InChI=1S/C93H72N4O2/c1-8-58(59-29-12-9-13-30-59)54-82(94-7)97(77-47-25-43-71-70-40-21-22-45-74(70)93(5,6)88(71)77)79-53-65-52-75(92(2,3)4)87-84-69(62-33-16-11-17-34-62)42-27-49-81(84)98-91(87)83(65)85-73(79)55-80(95-50-28-38-64(56-95)60-31-14-10-15-32-60)90-86(85)72-44-26-48-78(89(72)99-90)96-57-66(51-63-36-19-23-46-76(63)96)68-41-24-37-61-35-18-20-39-67(61)68/h8-55,57,76H,7,56H2,1-6H3/b58-8+,82-54+. The molecule has 4 aliphatic rings. The lowest BCUT2D eigenvalue weighted by atomic mass is 9.80. The van der Waals surface area contributed by atoms with Gasteiger partial charge in [-0.2, -0.15) is 0 Å². The minimum absolute atomic E-state index is 0.115. The zero-order valence-electron chi connectivity index (χ0n) is 56.4. The fourth-order valence-corrected chi connectivity index (χ4v) is 16.5. The third kappa shape index (κ3) is 9.48. The van der Waals surface area contributed by atoms with Gasteiger partial charge in [-0.3, -0.25) is 4.90 Å². The molecule has 2 aliphatic carbocycles. The molecule has 6 heteroatoms. The number of hydrogen-bond donors (Lipinski definition) is 0. The normalized spacial score (nSPS) is 15.9. The molecule has 0 bridgehead atoms. The van der Waals surface area contributed by atoms with E-state index in [1.807, 2.05) is 0 Å². The lowest BCUT2D eigenvalue weighted by Crippen LogP contribution is -2.33. The molecule has 18 rings (SSSR count). The van der Waals surface area contributed by atoms with Gasteiger partial charge in [-0.05, 0) is 168 Å². The number of para-hydroxylation sites is 1. The van der Waals surface area contributed by atoms with Gasteiger partial charge in [0.05, 0.1) is 28.8 Å². The van der Waals surface area contributed by atoms with Crippen molar-refractivity contribution in [2.75, 3.05) is 21.2 Å². The highest BCUT2D eigenvalue weighted by molar-refractivity contribution is 6.37. The van der Waals surface area contributed by atoms with Gasteiger partial charge >= 0.3 is 0 Å². The van der Waals surface area contributed by atoms with Crippen LogP contribution >= 0.6 is 0 Å². The lowest BCUT2D eigenvalue weighted by molar-refractivity contribution is 0.595. The first-order valence-corrected chi connectivity index (χ1v) is 34.4. The van der Waals surface area contributed by atoms with Crippen LogP contribution in [0.3, 0.4) is 0 Å². The molecule has 1 atom stereocenters. The Labute approximate surface area is 577 Å². The van der Waals surface area contributed by atoms with Gasteiger partial charge in [0.2, 0.25) is 0 Å². The Balaban J connectivity index is 1.03. The third-order valence-corrected chi connectivity index (χ3v) is 21.0. The largest absolute Gasteiger partial charge is 0.455 e. The summed E-state index contributed by atoms with van der Waals surface area (Å²) < 4.78 is 15.7. The van der Waals surface area contributed by atoms with E-state index in [4.69, 9.17) is 13.8 Å². The molecule has 0 N–H and O–H groups in total. The van der Waals surface area contributed by atoms with Crippen molar-refractivity contribution >= 4 is 122 Å². The van der Waals surface area contributed by atoms with Gasteiger partial charge < -0.3 is 18.6 Å². The Kier molecular flexibility index (Phi) is 13.9. The minimum Gasteiger partial charge on any atom is -0.455 e. The van der Waals surface area contributed by atoms with Crippen molar-refractivity contribution in [3.05, 3.63) is 342 Å². The maximum absolute atomic E-state index is 8.01. The molecule has 0 spiro atoms. The van der Waals surface area contributed by atoms with Crippen molar-refractivity contribution in [1.82, 2.24) is 0 Å². The number of hydrogen-bond acceptors (Lipinski definition) is 6. The molecule has 12 aromatic carbocycles. The molecule has 476 valence electrons. The topological polar surface area (TPSA) is 48.4 Å². The van der Waals surface area contributed by atoms with Gasteiger partial charge in [0.15, 0.2) is 11.2 Å². The van der Waals surface area contributed by atoms with Gasteiger partial charge in [0.1, 0.15) is 17.0 Å². The number of allylic oxidation sites excluding steroid dienone is 9. The Morgan fingerprint density at radius 1 is 0.576 bits per heavy atom. The summed E-state index contributed by atoms with van der Waals surface area (Å²) in [4.78, 5) is 12.5. The summed E-state index contributed by atoms with van der Waals surface area (Å²) in [6, 6.07) is 83.7. The zero-order valence-corrected chi connectivity index (χ0v) is 56.4. The fourth-order valence-electron chi connectivity index (χ4n) is 16.5. The lowest BCUT2D eigenvalue weighted by Gasteiger charge is -2.35. The second-order valence-electron chi connectivity index (χ2n) is 28.2.